The van der Waals surface area contributed by atoms with Gasteiger partial charge < -0.3 is 10.1 Å². The molecule has 3 nitrogen and oxygen atoms in total. The Morgan fingerprint density at radius 2 is 2.11 bits per heavy atom. The van der Waals surface area contributed by atoms with E-state index in [0.717, 1.165) is 11.3 Å². The van der Waals surface area contributed by atoms with E-state index in [0.29, 0.717) is 18.5 Å². The Balaban J connectivity index is 2.28. The van der Waals surface area contributed by atoms with Gasteiger partial charge in [-0.25, -0.2) is 0 Å². The van der Waals surface area contributed by atoms with Crippen LogP contribution in [0.25, 0.3) is 0 Å². The molecular weight excluding hydrogens is 257 g/mol. The molecule has 0 unspecified atom stereocenters. The van der Waals surface area contributed by atoms with E-state index in [4.69, 9.17) is 5.26 Å². The maximum atomic E-state index is 11.8. The summed E-state index contributed by atoms with van der Waals surface area (Å²) in [6.07, 6.45) is -3.81. The number of ether oxygens (including phenoxy) is 1. The first-order chi connectivity index (χ1) is 8.92. The second kappa shape index (κ2) is 7.00. The van der Waals surface area contributed by atoms with E-state index in [1.807, 2.05) is 19.1 Å². The zero-order valence-electron chi connectivity index (χ0n) is 10.5. The minimum atomic E-state index is -4.27. The van der Waals surface area contributed by atoms with Crippen LogP contribution in [0.15, 0.2) is 18.2 Å². The number of rotatable bonds is 6. The molecule has 19 heavy (non-hydrogen) atoms. The first-order valence-electron chi connectivity index (χ1n) is 5.81. The van der Waals surface area contributed by atoms with Crippen LogP contribution < -0.4 is 5.32 Å². The van der Waals surface area contributed by atoms with E-state index in [-0.39, 0.29) is 6.61 Å². The number of anilines is 1. The van der Waals surface area contributed by atoms with Crippen molar-refractivity contribution in [2.24, 2.45) is 0 Å². The smallest absolute Gasteiger partial charge is 0.385 e. The highest BCUT2D eigenvalue weighted by Gasteiger charge is 2.27. The van der Waals surface area contributed by atoms with Gasteiger partial charge in [0, 0.05) is 18.8 Å². The lowest BCUT2D eigenvalue weighted by Gasteiger charge is -2.10. The molecule has 104 valence electrons. The van der Waals surface area contributed by atoms with Gasteiger partial charge in [-0.2, -0.15) is 18.4 Å². The zero-order valence-corrected chi connectivity index (χ0v) is 10.5. The summed E-state index contributed by atoms with van der Waals surface area (Å²) in [7, 11) is 0. The normalized spacial score (nSPS) is 11.1. The molecule has 1 aromatic carbocycles. The summed E-state index contributed by atoms with van der Waals surface area (Å²) in [6.45, 7) is 1.22. The molecule has 6 heteroatoms. The van der Waals surface area contributed by atoms with Crippen LogP contribution in [0.4, 0.5) is 18.9 Å². The fourth-order valence-electron chi connectivity index (χ4n) is 1.47. The Hall–Kier alpha value is -1.74. The Kier molecular flexibility index (Phi) is 5.64. The SMILES string of the molecule is Cc1ccc(C#N)cc1NCCCOCC(F)(F)F. The zero-order chi connectivity index (χ0) is 14.3. The van der Waals surface area contributed by atoms with Crippen LogP contribution in [-0.4, -0.2) is 25.9 Å². The lowest BCUT2D eigenvalue weighted by atomic mass is 10.1. The predicted octanol–water partition coefficient (Wildman–Crippen LogP) is 3.25. The molecule has 0 atom stereocenters. The molecule has 1 N–H and O–H groups in total. The van der Waals surface area contributed by atoms with E-state index >= 15 is 0 Å². The fraction of sp³-hybridized carbons (Fsp3) is 0.462. The van der Waals surface area contributed by atoms with Crippen LogP contribution in [-0.2, 0) is 4.74 Å². The summed E-state index contributed by atoms with van der Waals surface area (Å²) in [5, 5.41) is 11.8. The monoisotopic (exact) mass is 272 g/mol. The minimum Gasteiger partial charge on any atom is -0.385 e. The van der Waals surface area contributed by atoms with Crippen LogP contribution >= 0.6 is 0 Å². The molecule has 0 amide bonds. The molecule has 1 aromatic rings. The van der Waals surface area contributed by atoms with Crippen LogP contribution in [0.1, 0.15) is 17.5 Å². The molecular formula is C13H15F3N2O. The second-order valence-corrected chi connectivity index (χ2v) is 4.09. The predicted molar refractivity (Wildman–Crippen MR) is 65.9 cm³/mol. The third kappa shape index (κ3) is 6.11. The summed E-state index contributed by atoms with van der Waals surface area (Å²) >= 11 is 0. The lowest BCUT2D eigenvalue weighted by Crippen LogP contribution is -2.18. The van der Waals surface area contributed by atoms with Crippen LogP contribution in [0.2, 0.25) is 0 Å². The summed E-state index contributed by atoms with van der Waals surface area (Å²) in [5.41, 5.74) is 2.34. The molecule has 0 aliphatic carbocycles. The van der Waals surface area contributed by atoms with Gasteiger partial charge in [-0.3, -0.25) is 0 Å². The van der Waals surface area contributed by atoms with E-state index in [9.17, 15) is 13.2 Å². The number of nitriles is 1. The molecule has 0 aromatic heterocycles. The van der Waals surface area contributed by atoms with Gasteiger partial charge in [0.1, 0.15) is 6.61 Å². The number of benzene rings is 1. The quantitative estimate of drug-likeness (QED) is 0.808. The third-order valence-corrected chi connectivity index (χ3v) is 2.41. The summed E-state index contributed by atoms with van der Waals surface area (Å²) in [6, 6.07) is 7.28. The maximum absolute atomic E-state index is 11.8. The Morgan fingerprint density at radius 1 is 1.37 bits per heavy atom. The van der Waals surface area contributed by atoms with Gasteiger partial charge in [0.05, 0.1) is 11.6 Å². The maximum Gasteiger partial charge on any atom is 0.411 e. The molecule has 0 radical (unpaired) electrons. The number of nitrogens with one attached hydrogen (secondary N) is 1. The van der Waals surface area contributed by atoms with Crippen LogP contribution in [0.3, 0.4) is 0 Å². The molecule has 0 aliphatic rings. The van der Waals surface area contributed by atoms with E-state index in [1.54, 1.807) is 12.1 Å². The lowest BCUT2D eigenvalue weighted by molar-refractivity contribution is -0.173. The van der Waals surface area contributed by atoms with Gasteiger partial charge in [0.2, 0.25) is 0 Å². The standard InChI is InChI=1S/C13H15F3N2O/c1-10-3-4-11(8-17)7-12(10)18-5-2-6-19-9-13(14,15)16/h3-4,7,18H,2,5-6,9H2,1H3. The first-order valence-corrected chi connectivity index (χ1v) is 5.81. The molecule has 1 rings (SSSR count). The van der Waals surface area contributed by atoms with E-state index in [2.05, 4.69) is 10.1 Å². The van der Waals surface area contributed by atoms with Crippen molar-refractivity contribution in [3.8, 4) is 6.07 Å². The number of hydrogen-bond acceptors (Lipinski definition) is 3. The highest BCUT2D eigenvalue weighted by Crippen LogP contribution is 2.16. The largest absolute Gasteiger partial charge is 0.411 e. The Bertz CT molecular complexity index is 452. The second-order valence-electron chi connectivity index (χ2n) is 4.09. The van der Waals surface area contributed by atoms with E-state index in [1.165, 1.54) is 0 Å². The van der Waals surface area contributed by atoms with Crippen molar-refractivity contribution in [2.75, 3.05) is 25.1 Å². The fourth-order valence-corrected chi connectivity index (χ4v) is 1.47. The van der Waals surface area contributed by atoms with Crippen molar-refractivity contribution in [2.45, 2.75) is 19.5 Å². The van der Waals surface area contributed by atoms with Crippen molar-refractivity contribution in [1.29, 1.82) is 5.26 Å². The number of alkyl halides is 3. The highest BCUT2D eigenvalue weighted by molar-refractivity contribution is 5.55. The molecule has 0 heterocycles. The topological polar surface area (TPSA) is 45.0 Å². The highest BCUT2D eigenvalue weighted by atomic mass is 19.4. The van der Waals surface area contributed by atoms with Crippen molar-refractivity contribution >= 4 is 5.69 Å². The van der Waals surface area contributed by atoms with Gasteiger partial charge in [-0.1, -0.05) is 6.07 Å². The van der Waals surface area contributed by atoms with Crippen molar-refractivity contribution in [3.63, 3.8) is 0 Å². The minimum absolute atomic E-state index is 0.0451. The number of hydrogen-bond donors (Lipinski definition) is 1. The van der Waals surface area contributed by atoms with E-state index < -0.39 is 12.8 Å². The van der Waals surface area contributed by atoms with Gasteiger partial charge >= 0.3 is 6.18 Å². The molecule has 0 bridgehead atoms. The number of aryl methyl sites for hydroxylation is 1. The molecule has 0 spiro atoms. The van der Waals surface area contributed by atoms with Gasteiger partial charge in [0.15, 0.2) is 0 Å². The summed E-state index contributed by atoms with van der Waals surface area (Å²) in [4.78, 5) is 0. The Labute approximate surface area is 110 Å². The Morgan fingerprint density at radius 3 is 2.74 bits per heavy atom. The molecule has 0 saturated carbocycles. The average molecular weight is 272 g/mol. The molecule has 0 aliphatic heterocycles. The van der Waals surface area contributed by atoms with Crippen molar-refractivity contribution < 1.29 is 17.9 Å². The number of halogens is 3. The summed E-state index contributed by atoms with van der Waals surface area (Å²) < 4.78 is 39.9. The average Bonchev–Trinajstić information content (AvgIpc) is 2.34. The van der Waals surface area contributed by atoms with Gasteiger partial charge in [-0.05, 0) is 31.0 Å². The van der Waals surface area contributed by atoms with Crippen molar-refractivity contribution in [1.82, 2.24) is 0 Å². The third-order valence-electron chi connectivity index (χ3n) is 2.41. The van der Waals surface area contributed by atoms with Crippen molar-refractivity contribution in [3.05, 3.63) is 29.3 Å². The first kappa shape index (κ1) is 15.3. The van der Waals surface area contributed by atoms with Gasteiger partial charge in [-0.15, -0.1) is 0 Å². The van der Waals surface area contributed by atoms with Gasteiger partial charge in [0.25, 0.3) is 0 Å². The van der Waals surface area contributed by atoms with Crippen LogP contribution in [0, 0.1) is 18.3 Å². The number of nitrogens with zero attached hydrogens (tertiary/aromatic N) is 1. The molecule has 0 fully saturated rings. The summed E-state index contributed by atoms with van der Waals surface area (Å²) in [5.74, 6) is 0. The van der Waals surface area contributed by atoms with Crippen LogP contribution in [0.5, 0.6) is 0 Å². The molecule has 0 saturated heterocycles.